The Labute approximate surface area is 144 Å². The second kappa shape index (κ2) is 6.80. The van der Waals surface area contributed by atoms with E-state index in [-0.39, 0.29) is 30.0 Å². The highest BCUT2D eigenvalue weighted by Crippen LogP contribution is 2.33. The standard InChI is InChI=1S/C18H18N2O5/c1-12-9-13-5-3-4-6-15(13)19(12)18(21)11-25-17-8-7-14(24-2)10-16(17)20(22)23/h3-8,10,12H,9,11H2,1-2H3/t12-/m1/s1. The number of para-hydroxylation sites is 1. The molecule has 0 saturated heterocycles. The summed E-state index contributed by atoms with van der Waals surface area (Å²) in [7, 11) is 1.43. The summed E-state index contributed by atoms with van der Waals surface area (Å²) in [6.45, 7) is 1.69. The van der Waals surface area contributed by atoms with Crippen LogP contribution in [-0.2, 0) is 11.2 Å². The first-order valence-corrected chi connectivity index (χ1v) is 7.86. The molecule has 1 heterocycles. The second-order valence-electron chi connectivity index (χ2n) is 5.83. The van der Waals surface area contributed by atoms with Gasteiger partial charge in [-0.2, -0.15) is 0 Å². The number of amides is 1. The van der Waals surface area contributed by atoms with E-state index in [1.165, 1.54) is 19.2 Å². The van der Waals surface area contributed by atoms with Crippen LogP contribution >= 0.6 is 0 Å². The van der Waals surface area contributed by atoms with E-state index in [2.05, 4.69) is 0 Å². The zero-order valence-electron chi connectivity index (χ0n) is 14.0. The van der Waals surface area contributed by atoms with Gasteiger partial charge in [0, 0.05) is 11.7 Å². The first kappa shape index (κ1) is 16.8. The maximum absolute atomic E-state index is 12.6. The Bertz CT molecular complexity index is 821. The number of rotatable bonds is 5. The molecule has 1 atom stereocenters. The molecule has 0 aromatic heterocycles. The quantitative estimate of drug-likeness (QED) is 0.616. The Kier molecular flexibility index (Phi) is 4.56. The predicted molar refractivity (Wildman–Crippen MR) is 92.2 cm³/mol. The summed E-state index contributed by atoms with van der Waals surface area (Å²) < 4.78 is 10.4. The maximum atomic E-state index is 12.6. The number of carbonyl (C=O) groups is 1. The van der Waals surface area contributed by atoms with Crippen molar-refractivity contribution < 1.29 is 19.2 Å². The summed E-state index contributed by atoms with van der Waals surface area (Å²) in [5.41, 5.74) is 1.74. The molecule has 7 nitrogen and oxygen atoms in total. The SMILES string of the molecule is COc1ccc(OCC(=O)N2c3ccccc3C[C@H]2C)c([N+](=O)[O-])c1. The minimum Gasteiger partial charge on any atom is -0.496 e. The normalized spacial score (nSPS) is 15.6. The van der Waals surface area contributed by atoms with Gasteiger partial charge >= 0.3 is 5.69 Å². The van der Waals surface area contributed by atoms with Crippen molar-refractivity contribution in [1.82, 2.24) is 0 Å². The minimum atomic E-state index is -0.559. The fourth-order valence-corrected chi connectivity index (χ4v) is 3.04. The Hall–Kier alpha value is -3.09. The van der Waals surface area contributed by atoms with Gasteiger partial charge in [-0.15, -0.1) is 0 Å². The summed E-state index contributed by atoms with van der Waals surface area (Å²) in [6, 6.07) is 12.0. The van der Waals surface area contributed by atoms with Gasteiger partial charge in [0.15, 0.2) is 12.4 Å². The van der Waals surface area contributed by atoms with Crippen LogP contribution in [0.1, 0.15) is 12.5 Å². The molecule has 7 heteroatoms. The van der Waals surface area contributed by atoms with Crippen molar-refractivity contribution in [2.24, 2.45) is 0 Å². The topological polar surface area (TPSA) is 81.9 Å². The Morgan fingerprint density at radius 3 is 2.80 bits per heavy atom. The number of nitrogens with zero attached hydrogens (tertiary/aromatic N) is 2. The molecule has 2 aromatic carbocycles. The van der Waals surface area contributed by atoms with Crippen LogP contribution < -0.4 is 14.4 Å². The third-order valence-corrected chi connectivity index (χ3v) is 4.19. The average Bonchev–Trinajstić information content (AvgIpc) is 2.95. The lowest BCUT2D eigenvalue weighted by molar-refractivity contribution is -0.385. The molecule has 0 saturated carbocycles. The third-order valence-electron chi connectivity index (χ3n) is 4.19. The van der Waals surface area contributed by atoms with Gasteiger partial charge in [-0.05, 0) is 37.1 Å². The molecule has 1 aliphatic rings. The first-order chi connectivity index (χ1) is 12.0. The number of hydrogen-bond donors (Lipinski definition) is 0. The number of fused-ring (bicyclic) bond motifs is 1. The van der Waals surface area contributed by atoms with E-state index in [0.717, 1.165) is 17.7 Å². The predicted octanol–water partition coefficient (Wildman–Crippen LogP) is 2.96. The summed E-state index contributed by atoms with van der Waals surface area (Å²) in [5, 5.41) is 11.2. The molecule has 0 N–H and O–H groups in total. The van der Waals surface area contributed by atoms with E-state index >= 15 is 0 Å². The van der Waals surface area contributed by atoms with Gasteiger partial charge < -0.3 is 14.4 Å². The molecular formula is C18H18N2O5. The molecule has 0 fully saturated rings. The lowest BCUT2D eigenvalue weighted by Gasteiger charge is -2.22. The smallest absolute Gasteiger partial charge is 0.314 e. The summed E-state index contributed by atoms with van der Waals surface area (Å²) >= 11 is 0. The number of anilines is 1. The lowest BCUT2D eigenvalue weighted by atomic mass is 10.1. The zero-order valence-corrected chi connectivity index (χ0v) is 14.0. The van der Waals surface area contributed by atoms with Gasteiger partial charge in [0.2, 0.25) is 0 Å². The number of carbonyl (C=O) groups excluding carboxylic acids is 1. The van der Waals surface area contributed by atoms with E-state index < -0.39 is 4.92 Å². The first-order valence-electron chi connectivity index (χ1n) is 7.86. The molecule has 0 spiro atoms. The molecule has 3 rings (SSSR count). The summed E-state index contributed by atoms with van der Waals surface area (Å²) in [6.07, 6.45) is 0.782. The van der Waals surface area contributed by atoms with Crippen molar-refractivity contribution >= 4 is 17.3 Å². The van der Waals surface area contributed by atoms with Gasteiger partial charge in [-0.25, -0.2) is 0 Å². The van der Waals surface area contributed by atoms with Crippen LogP contribution in [0, 0.1) is 10.1 Å². The van der Waals surface area contributed by atoms with Gasteiger partial charge in [0.25, 0.3) is 5.91 Å². The van der Waals surface area contributed by atoms with E-state index in [1.807, 2.05) is 31.2 Å². The molecular weight excluding hydrogens is 324 g/mol. The largest absolute Gasteiger partial charge is 0.496 e. The minimum absolute atomic E-state index is 0.0272. The van der Waals surface area contributed by atoms with Gasteiger partial charge in [-0.1, -0.05) is 18.2 Å². The number of nitro benzene ring substituents is 1. The highest BCUT2D eigenvalue weighted by atomic mass is 16.6. The molecule has 25 heavy (non-hydrogen) atoms. The molecule has 2 aromatic rings. The van der Waals surface area contributed by atoms with Gasteiger partial charge in [0.1, 0.15) is 5.75 Å². The molecule has 0 bridgehead atoms. The van der Waals surface area contributed by atoms with Crippen molar-refractivity contribution in [3.63, 3.8) is 0 Å². The fourth-order valence-electron chi connectivity index (χ4n) is 3.04. The Morgan fingerprint density at radius 2 is 2.08 bits per heavy atom. The lowest BCUT2D eigenvalue weighted by Crippen LogP contribution is -2.39. The van der Waals surface area contributed by atoms with Crippen molar-refractivity contribution in [1.29, 1.82) is 0 Å². The van der Waals surface area contributed by atoms with E-state index in [1.54, 1.807) is 11.0 Å². The Morgan fingerprint density at radius 1 is 1.32 bits per heavy atom. The number of methoxy groups -OCH3 is 1. The summed E-state index contributed by atoms with van der Waals surface area (Å²) in [4.78, 5) is 24.9. The highest BCUT2D eigenvalue weighted by Gasteiger charge is 2.31. The van der Waals surface area contributed by atoms with Crippen molar-refractivity contribution in [2.75, 3.05) is 18.6 Å². The van der Waals surface area contributed by atoms with E-state index in [0.29, 0.717) is 5.75 Å². The summed E-state index contributed by atoms with van der Waals surface area (Å²) in [5.74, 6) is 0.161. The maximum Gasteiger partial charge on any atom is 0.314 e. The van der Waals surface area contributed by atoms with Crippen LogP contribution in [0.25, 0.3) is 0 Å². The van der Waals surface area contributed by atoms with Crippen LogP contribution in [0.2, 0.25) is 0 Å². The van der Waals surface area contributed by atoms with Crippen LogP contribution in [0.3, 0.4) is 0 Å². The third kappa shape index (κ3) is 3.26. The van der Waals surface area contributed by atoms with Crippen molar-refractivity contribution in [3.8, 4) is 11.5 Å². The van der Waals surface area contributed by atoms with Crippen molar-refractivity contribution in [3.05, 3.63) is 58.1 Å². The molecule has 0 unspecified atom stereocenters. The number of hydrogen-bond acceptors (Lipinski definition) is 5. The number of ether oxygens (including phenoxy) is 2. The van der Waals surface area contributed by atoms with Crippen LogP contribution in [0.5, 0.6) is 11.5 Å². The van der Waals surface area contributed by atoms with E-state index in [9.17, 15) is 14.9 Å². The van der Waals surface area contributed by atoms with Crippen LogP contribution in [-0.4, -0.2) is 30.6 Å². The number of benzene rings is 2. The zero-order chi connectivity index (χ0) is 18.0. The number of nitro groups is 1. The highest BCUT2D eigenvalue weighted by molar-refractivity contribution is 5.97. The molecule has 1 amide bonds. The van der Waals surface area contributed by atoms with Crippen molar-refractivity contribution in [2.45, 2.75) is 19.4 Å². The monoisotopic (exact) mass is 342 g/mol. The van der Waals surface area contributed by atoms with Crippen LogP contribution in [0.15, 0.2) is 42.5 Å². The van der Waals surface area contributed by atoms with Gasteiger partial charge in [0.05, 0.1) is 18.1 Å². The molecule has 1 aliphatic heterocycles. The average molecular weight is 342 g/mol. The Balaban J connectivity index is 1.76. The molecule has 0 aliphatic carbocycles. The second-order valence-corrected chi connectivity index (χ2v) is 5.83. The molecule has 0 radical (unpaired) electrons. The molecule has 130 valence electrons. The van der Waals surface area contributed by atoms with E-state index in [4.69, 9.17) is 9.47 Å². The van der Waals surface area contributed by atoms with Gasteiger partial charge in [-0.3, -0.25) is 14.9 Å². The fraction of sp³-hybridized carbons (Fsp3) is 0.278. The van der Waals surface area contributed by atoms with Crippen LogP contribution in [0.4, 0.5) is 11.4 Å².